The second kappa shape index (κ2) is 3.65. The minimum absolute atomic E-state index is 0.228. The molecule has 0 aliphatic heterocycles. The molecule has 0 aliphatic carbocycles. The highest BCUT2D eigenvalue weighted by molar-refractivity contribution is 7.19. The first-order chi connectivity index (χ1) is 6.29. The molecule has 0 aliphatic rings. The zero-order valence-corrected chi connectivity index (χ0v) is 8.66. The Morgan fingerprint density at radius 2 is 2.23 bits per heavy atom. The normalized spacial score (nSPS) is 10.6. The molecule has 2 rings (SSSR count). The monoisotopic (exact) mass is 234 g/mol. The van der Waals surface area contributed by atoms with Crippen LogP contribution in [0.1, 0.15) is 5.89 Å². The van der Waals surface area contributed by atoms with E-state index in [1.165, 1.54) is 11.3 Å². The maximum absolute atomic E-state index is 5.75. The summed E-state index contributed by atoms with van der Waals surface area (Å²) in [6, 6.07) is 3.62. The van der Waals surface area contributed by atoms with Gasteiger partial charge in [0.1, 0.15) is 5.88 Å². The molecule has 0 aromatic carbocycles. The largest absolute Gasteiger partial charge is 0.419 e. The third-order valence-corrected chi connectivity index (χ3v) is 2.81. The van der Waals surface area contributed by atoms with Crippen molar-refractivity contribution >= 4 is 34.5 Å². The van der Waals surface area contributed by atoms with E-state index in [2.05, 4.69) is 10.2 Å². The summed E-state index contributed by atoms with van der Waals surface area (Å²) >= 11 is 12.7. The van der Waals surface area contributed by atoms with Gasteiger partial charge in [-0.15, -0.1) is 33.1 Å². The molecule has 0 amide bonds. The maximum atomic E-state index is 5.75. The van der Waals surface area contributed by atoms with Crippen LogP contribution in [0.15, 0.2) is 16.5 Å². The van der Waals surface area contributed by atoms with E-state index >= 15 is 0 Å². The van der Waals surface area contributed by atoms with Gasteiger partial charge >= 0.3 is 0 Å². The van der Waals surface area contributed by atoms with Gasteiger partial charge in [0.15, 0.2) is 0 Å². The summed E-state index contributed by atoms with van der Waals surface area (Å²) < 4.78 is 5.92. The molecule has 0 bridgehead atoms. The molecular formula is C7H4Cl2N2OS. The standard InChI is InChI=1S/C7H4Cl2N2OS/c8-3-6-10-11-7(12-6)4-1-2-5(9)13-4/h1-2H,3H2. The van der Waals surface area contributed by atoms with Gasteiger partial charge in [0, 0.05) is 0 Å². The van der Waals surface area contributed by atoms with Crippen LogP contribution in [0.3, 0.4) is 0 Å². The first kappa shape index (κ1) is 8.99. The van der Waals surface area contributed by atoms with Crippen LogP contribution in [0.2, 0.25) is 4.34 Å². The molecule has 2 aromatic rings. The smallest absolute Gasteiger partial charge is 0.257 e. The van der Waals surface area contributed by atoms with E-state index in [0.717, 1.165) is 4.88 Å². The molecule has 2 heterocycles. The molecule has 0 spiro atoms. The Kier molecular flexibility index (Phi) is 2.53. The van der Waals surface area contributed by atoms with Gasteiger partial charge in [0.05, 0.1) is 9.21 Å². The molecule has 13 heavy (non-hydrogen) atoms. The Morgan fingerprint density at radius 1 is 1.38 bits per heavy atom. The number of nitrogens with zero attached hydrogens (tertiary/aromatic N) is 2. The van der Waals surface area contributed by atoms with Gasteiger partial charge in [-0.1, -0.05) is 11.6 Å². The molecule has 0 saturated carbocycles. The van der Waals surface area contributed by atoms with Crippen LogP contribution in [0.25, 0.3) is 10.8 Å². The van der Waals surface area contributed by atoms with Crippen LogP contribution in [-0.2, 0) is 5.88 Å². The van der Waals surface area contributed by atoms with Gasteiger partial charge in [0.2, 0.25) is 5.89 Å². The van der Waals surface area contributed by atoms with Gasteiger partial charge in [-0.3, -0.25) is 0 Å². The highest BCUT2D eigenvalue weighted by atomic mass is 35.5. The molecule has 3 nitrogen and oxygen atoms in total. The van der Waals surface area contributed by atoms with Crippen molar-refractivity contribution in [3.63, 3.8) is 0 Å². The predicted molar refractivity (Wildman–Crippen MR) is 52.2 cm³/mol. The summed E-state index contributed by atoms with van der Waals surface area (Å²) in [5.41, 5.74) is 0. The summed E-state index contributed by atoms with van der Waals surface area (Å²) in [6.45, 7) is 0. The Morgan fingerprint density at radius 3 is 2.77 bits per heavy atom. The molecular weight excluding hydrogens is 231 g/mol. The molecule has 68 valence electrons. The minimum Gasteiger partial charge on any atom is -0.419 e. The van der Waals surface area contributed by atoms with E-state index in [1.54, 1.807) is 6.07 Å². The van der Waals surface area contributed by atoms with Crippen molar-refractivity contribution in [1.29, 1.82) is 0 Å². The van der Waals surface area contributed by atoms with Crippen LogP contribution in [0.4, 0.5) is 0 Å². The number of hydrogen-bond donors (Lipinski definition) is 0. The third-order valence-electron chi connectivity index (χ3n) is 1.37. The molecule has 2 aromatic heterocycles. The number of thiophene rings is 1. The maximum Gasteiger partial charge on any atom is 0.257 e. The fourth-order valence-electron chi connectivity index (χ4n) is 0.836. The summed E-state index contributed by atoms with van der Waals surface area (Å²) in [4.78, 5) is 0.855. The Hall–Kier alpha value is -0.580. The van der Waals surface area contributed by atoms with Gasteiger partial charge in [-0.05, 0) is 12.1 Å². The zero-order valence-electron chi connectivity index (χ0n) is 6.33. The number of aromatic nitrogens is 2. The average Bonchev–Trinajstić information content (AvgIpc) is 2.71. The number of alkyl halides is 1. The van der Waals surface area contributed by atoms with Crippen LogP contribution in [0.5, 0.6) is 0 Å². The molecule has 6 heteroatoms. The van der Waals surface area contributed by atoms with Crippen LogP contribution in [-0.4, -0.2) is 10.2 Å². The number of rotatable bonds is 2. The van der Waals surface area contributed by atoms with Gasteiger partial charge in [-0.2, -0.15) is 0 Å². The van der Waals surface area contributed by atoms with Gasteiger partial charge < -0.3 is 4.42 Å². The topological polar surface area (TPSA) is 38.9 Å². The zero-order chi connectivity index (χ0) is 9.26. The van der Waals surface area contributed by atoms with Crippen molar-refractivity contribution in [3.8, 4) is 10.8 Å². The Balaban J connectivity index is 2.35. The van der Waals surface area contributed by atoms with Crippen molar-refractivity contribution < 1.29 is 4.42 Å². The van der Waals surface area contributed by atoms with E-state index < -0.39 is 0 Å². The molecule has 0 atom stereocenters. The summed E-state index contributed by atoms with van der Waals surface area (Å²) in [5, 5.41) is 7.56. The van der Waals surface area contributed by atoms with Crippen molar-refractivity contribution in [3.05, 3.63) is 22.4 Å². The van der Waals surface area contributed by atoms with E-state index in [0.29, 0.717) is 16.1 Å². The lowest BCUT2D eigenvalue weighted by Gasteiger charge is -1.84. The fraction of sp³-hybridized carbons (Fsp3) is 0.143. The van der Waals surface area contributed by atoms with Gasteiger partial charge in [0.25, 0.3) is 5.89 Å². The lowest BCUT2D eigenvalue weighted by Crippen LogP contribution is -1.73. The average molecular weight is 235 g/mol. The highest BCUT2D eigenvalue weighted by Crippen LogP contribution is 2.29. The first-order valence-corrected chi connectivity index (χ1v) is 5.16. The predicted octanol–water partition coefficient (Wildman–Crippen LogP) is 3.19. The Bertz CT molecular complexity index is 412. The molecule has 0 radical (unpaired) electrons. The van der Waals surface area contributed by atoms with Crippen LogP contribution in [0, 0.1) is 0 Å². The number of halogens is 2. The van der Waals surface area contributed by atoms with Crippen molar-refractivity contribution in [1.82, 2.24) is 10.2 Å². The van der Waals surface area contributed by atoms with Crippen LogP contribution < -0.4 is 0 Å². The molecule has 0 fully saturated rings. The first-order valence-electron chi connectivity index (χ1n) is 3.43. The SMILES string of the molecule is ClCc1nnc(-c2ccc(Cl)s2)o1. The van der Waals surface area contributed by atoms with E-state index in [-0.39, 0.29) is 5.88 Å². The van der Waals surface area contributed by atoms with E-state index in [4.69, 9.17) is 27.6 Å². The fourth-order valence-corrected chi connectivity index (χ4v) is 1.91. The quantitative estimate of drug-likeness (QED) is 0.750. The molecule has 0 N–H and O–H groups in total. The van der Waals surface area contributed by atoms with E-state index in [9.17, 15) is 0 Å². The van der Waals surface area contributed by atoms with E-state index in [1.807, 2.05) is 6.07 Å². The number of hydrogen-bond acceptors (Lipinski definition) is 4. The van der Waals surface area contributed by atoms with Crippen molar-refractivity contribution in [2.24, 2.45) is 0 Å². The Labute approximate surface area is 88.3 Å². The lowest BCUT2D eigenvalue weighted by molar-refractivity contribution is 0.528. The third kappa shape index (κ3) is 1.85. The molecule has 0 unspecified atom stereocenters. The second-order valence-electron chi connectivity index (χ2n) is 2.24. The highest BCUT2D eigenvalue weighted by Gasteiger charge is 2.09. The van der Waals surface area contributed by atoms with Crippen LogP contribution >= 0.6 is 34.5 Å². The van der Waals surface area contributed by atoms with Crippen molar-refractivity contribution in [2.45, 2.75) is 5.88 Å². The molecule has 0 saturated heterocycles. The van der Waals surface area contributed by atoms with Gasteiger partial charge in [-0.25, -0.2) is 0 Å². The minimum atomic E-state index is 0.228. The van der Waals surface area contributed by atoms with Crippen molar-refractivity contribution in [2.75, 3.05) is 0 Å². The lowest BCUT2D eigenvalue weighted by atomic mass is 10.5. The summed E-state index contributed by atoms with van der Waals surface area (Å²) in [5.74, 6) is 1.11. The summed E-state index contributed by atoms with van der Waals surface area (Å²) in [7, 11) is 0. The summed E-state index contributed by atoms with van der Waals surface area (Å²) in [6.07, 6.45) is 0. The second-order valence-corrected chi connectivity index (χ2v) is 4.22.